The third-order valence-electron chi connectivity index (χ3n) is 3.37. The first kappa shape index (κ1) is 11.9. The fraction of sp³-hybridized carbons (Fsp3) is 0.385. The molecular formula is C13H14BrN3O. The summed E-state index contributed by atoms with van der Waals surface area (Å²) in [5, 5.41) is 8.26. The van der Waals surface area contributed by atoms with Gasteiger partial charge in [0.25, 0.3) is 0 Å². The lowest BCUT2D eigenvalue weighted by Crippen LogP contribution is -2.34. The van der Waals surface area contributed by atoms with Gasteiger partial charge in [-0.25, -0.2) is 0 Å². The molecule has 1 atom stereocenters. The highest BCUT2D eigenvalue weighted by Crippen LogP contribution is 2.35. The molecule has 1 aromatic carbocycles. The van der Waals surface area contributed by atoms with Crippen LogP contribution in [0.15, 0.2) is 35.1 Å². The largest absolute Gasteiger partial charge is 0.381 e. The Labute approximate surface area is 114 Å². The number of aryl methyl sites for hydroxylation is 1. The fourth-order valence-corrected chi connectivity index (χ4v) is 2.77. The second-order valence-corrected chi connectivity index (χ2v) is 5.55. The van der Waals surface area contributed by atoms with Crippen LogP contribution in [0.25, 0.3) is 0 Å². The first-order valence-electron chi connectivity index (χ1n) is 5.93. The predicted molar refractivity (Wildman–Crippen MR) is 71.3 cm³/mol. The molecule has 0 radical (unpaired) electrons. The van der Waals surface area contributed by atoms with Gasteiger partial charge in [-0.1, -0.05) is 28.1 Å². The third kappa shape index (κ3) is 2.08. The molecule has 0 N–H and O–H groups in total. The first-order chi connectivity index (χ1) is 8.75. The highest BCUT2D eigenvalue weighted by atomic mass is 79.9. The van der Waals surface area contributed by atoms with E-state index in [0.29, 0.717) is 5.92 Å². The van der Waals surface area contributed by atoms with E-state index in [-0.39, 0.29) is 5.92 Å². The average Bonchev–Trinajstić information content (AvgIpc) is 2.69. The van der Waals surface area contributed by atoms with Crippen LogP contribution in [0.2, 0.25) is 0 Å². The van der Waals surface area contributed by atoms with Crippen molar-refractivity contribution < 1.29 is 4.74 Å². The lowest BCUT2D eigenvalue weighted by molar-refractivity contribution is -0.0407. The van der Waals surface area contributed by atoms with Gasteiger partial charge in [0.1, 0.15) is 12.2 Å². The quantitative estimate of drug-likeness (QED) is 0.874. The van der Waals surface area contributed by atoms with E-state index in [9.17, 15) is 0 Å². The standard InChI is InChI=1S/C13H14BrN3O/c1-17-8-15-16-13(17)12(10-6-18-7-10)9-3-2-4-11(14)5-9/h2-5,8,10,12H,6-7H2,1H3/t12-/m0/s1. The number of halogens is 1. The van der Waals surface area contributed by atoms with Gasteiger partial charge in [-0.15, -0.1) is 10.2 Å². The van der Waals surface area contributed by atoms with Crippen LogP contribution in [0.4, 0.5) is 0 Å². The van der Waals surface area contributed by atoms with Crippen LogP contribution < -0.4 is 0 Å². The van der Waals surface area contributed by atoms with Crippen molar-refractivity contribution in [1.82, 2.24) is 14.8 Å². The van der Waals surface area contributed by atoms with Crippen molar-refractivity contribution in [2.75, 3.05) is 13.2 Å². The Bertz CT molecular complexity index is 551. The van der Waals surface area contributed by atoms with E-state index in [0.717, 1.165) is 23.5 Å². The molecule has 5 heteroatoms. The molecule has 3 rings (SSSR count). The number of aromatic nitrogens is 3. The van der Waals surface area contributed by atoms with E-state index in [4.69, 9.17) is 4.74 Å². The molecule has 94 valence electrons. The van der Waals surface area contributed by atoms with E-state index in [1.54, 1.807) is 6.33 Å². The number of hydrogen-bond donors (Lipinski definition) is 0. The molecule has 0 spiro atoms. The lowest BCUT2D eigenvalue weighted by Gasteiger charge is -2.33. The van der Waals surface area contributed by atoms with Crippen LogP contribution in [0.3, 0.4) is 0 Å². The van der Waals surface area contributed by atoms with Crippen molar-refractivity contribution >= 4 is 15.9 Å². The summed E-state index contributed by atoms with van der Waals surface area (Å²) >= 11 is 3.53. The maximum atomic E-state index is 5.34. The molecule has 0 aliphatic carbocycles. The summed E-state index contributed by atoms with van der Waals surface area (Å²) in [6, 6.07) is 8.39. The smallest absolute Gasteiger partial charge is 0.140 e. The first-order valence-corrected chi connectivity index (χ1v) is 6.72. The van der Waals surface area contributed by atoms with Crippen molar-refractivity contribution in [3.63, 3.8) is 0 Å². The Morgan fingerprint density at radius 1 is 1.44 bits per heavy atom. The Morgan fingerprint density at radius 3 is 2.83 bits per heavy atom. The monoisotopic (exact) mass is 307 g/mol. The van der Waals surface area contributed by atoms with E-state index in [1.807, 2.05) is 17.7 Å². The van der Waals surface area contributed by atoms with Crippen LogP contribution in [0.1, 0.15) is 17.3 Å². The van der Waals surface area contributed by atoms with Gasteiger partial charge in [-0.3, -0.25) is 0 Å². The minimum absolute atomic E-state index is 0.253. The van der Waals surface area contributed by atoms with E-state index in [2.05, 4.69) is 44.3 Å². The minimum atomic E-state index is 0.253. The number of ether oxygens (including phenoxy) is 1. The molecule has 0 saturated carbocycles. The molecule has 4 nitrogen and oxygen atoms in total. The zero-order valence-corrected chi connectivity index (χ0v) is 11.7. The van der Waals surface area contributed by atoms with Gasteiger partial charge in [-0.2, -0.15) is 0 Å². The molecule has 1 aliphatic rings. The van der Waals surface area contributed by atoms with Crippen molar-refractivity contribution in [3.05, 3.63) is 46.5 Å². The molecule has 0 bridgehead atoms. The number of benzene rings is 1. The van der Waals surface area contributed by atoms with E-state index in [1.165, 1.54) is 5.56 Å². The molecule has 1 aromatic heterocycles. The van der Waals surface area contributed by atoms with Gasteiger partial charge >= 0.3 is 0 Å². The highest BCUT2D eigenvalue weighted by molar-refractivity contribution is 9.10. The number of nitrogens with zero attached hydrogens (tertiary/aromatic N) is 3. The SMILES string of the molecule is Cn1cnnc1[C@@H](c1cccc(Br)c1)C1COC1. The van der Waals surface area contributed by atoms with Crippen LogP contribution in [-0.2, 0) is 11.8 Å². The highest BCUT2D eigenvalue weighted by Gasteiger charge is 2.33. The summed E-state index contributed by atoms with van der Waals surface area (Å²) in [6.45, 7) is 1.59. The molecule has 0 amide bonds. The molecule has 0 unspecified atom stereocenters. The fourth-order valence-electron chi connectivity index (χ4n) is 2.35. The van der Waals surface area contributed by atoms with Gasteiger partial charge in [-0.05, 0) is 17.7 Å². The summed E-state index contributed by atoms with van der Waals surface area (Å²) in [5.74, 6) is 1.74. The predicted octanol–water partition coefficient (Wildman–Crippen LogP) is 2.36. The molecule has 2 aromatic rings. The normalized spacial score (nSPS) is 17.4. The van der Waals surface area contributed by atoms with Crippen LogP contribution in [-0.4, -0.2) is 28.0 Å². The topological polar surface area (TPSA) is 39.9 Å². The van der Waals surface area contributed by atoms with Crippen LogP contribution >= 0.6 is 15.9 Å². The number of rotatable bonds is 3. The third-order valence-corrected chi connectivity index (χ3v) is 3.86. The van der Waals surface area contributed by atoms with Crippen molar-refractivity contribution in [2.45, 2.75) is 5.92 Å². The molecule has 2 heterocycles. The molecule has 1 saturated heterocycles. The Hall–Kier alpha value is -1.20. The van der Waals surface area contributed by atoms with Crippen molar-refractivity contribution in [1.29, 1.82) is 0 Å². The van der Waals surface area contributed by atoms with Crippen molar-refractivity contribution in [3.8, 4) is 0 Å². The summed E-state index contributed by atoms with van der Waals surface area (Å²) in [4.78, 5) is 0. The average molecular weight is 308 g/mol. The van der Waals surface area contributed by atoms with Gasteiger partial charge in [0, 0.05) is 17.4 Å². The summed E-state index contributed by atoms with van der Waals surface area (Å²) in [6.07, 6.45) is 1.75. The van der Waals surface area contributed by atoms with E-state index >= 15 is 0 Å². The number of hydrogen-bond acceptors (Lipinski definition) is 3. The van der Waals surface area contributed by atoms with Gasteiger partial charge in [0.15, 0.2) is 0 Å². The second kappa shape index (κ2) is 4.82. The molecule has 18 heavy (non-hydrogen) atoms. The van der Waals surface area contributed by atoms with Crippen molar-refractivity contribution in [2.24, 2.45) is 13.0 Å². The van der Waals surface area contributed by atoms with E-state index < -0.39 is 0 Å². The summed E-state index contributed by atoms with van der Waals surface area (Å²) < 4.78 is 8.42. The minimum Gasteiger partial charge on any atom is -0.381 e. The maximum absolute atomic E-state index is 5.34. The Balaban J connectivity index is 2.03. The lowest BCUT2D eigenvalue weighted by atomic mass is 9.84. The second-order valence-electron chi connectivity index (χ2n) is 4.63. The zero-order chi connectivity index (χ0) is 12.5. The van der Waals surface area contributed by atoms with Crippen LogP contribution in [0.5, 0.6) is 0 Å². The van der Waals surface area contributed by atoms with Gasteiger partial charge in [0.05, 0.1) is 19.1 Å². The summed E-state index contributed by atoms with van der Waals surface area (Å²) in [7, 11) is 1.99. The Morgan fingerprint density at radius 2 is 2.28 bits per heavy atom. The maximum Gasteiger partial charge on any atom is 0.140 e. The van der Waals surface area contributed by atoms with Gasteiger partial charge < -0.3 is 9.30 Å². The zero-order valence-electron chi connectivity index (χ0n) is 10.1. The Kier molecular flexibility index (Phi) is 3.18. The molecule has 1 aliphatic heterocycles. The summed E-state index contributed by atoms with van der Waals surface area (Å²) in [5.41, 5.74) is 1.26. The molecule has 1 fully saturated rings. The molecular weight excluding hydrogens is 294 g/mol. The van der Waals surface area contributed by atoms with Gasteiger partial charge in [0.2, 0.25) is 0 Å². The van der Waals surface area contributed by atoms with Crippen LogP contribution in [0, 0.1) is 5.92 Å².